The zero-order valence-corrected chi connectivity index (χ0v) is 17.8. The number of anilines is 2. The zero-order valence-electron chi connectivity index (χ0n) is 17.8. The van der Waals surface area contributed by atoms with Crippen LogP contribution in [-0.4, -0.2) is 94.3 Å². The highest BCUT2D eigenvalue weighted by atomic mass is 16.5. The molecule has 10 nitrogen and oxygen atoms in total. The number of fused-ring (bicyclic) bond motifs is 1. The lowest BCUT2D eigenvalue weighted by Crippen LogP contribution is -2.39. The number of carbonyl (C=O) groups excluding carboxylic acids is 1. The molecule has 2 aliphatic heterocycles. The molecule has 0 aromatic carbocycles. The first kappa shape index (κ1) is 20.8. The lowest BCUT2D eigenvalue weighted by atomic mass is 10.4. The first-order chi connectivity index (χ1) is 14.7. The molecular weight excluding hydrogens is 384 g/mol. The number of nitrogens with one attached hydrogen (secondary N) is 2. The molecule has 0 spiro atoms. The smallest absolute Gasteiger partial charge is 0.226 e. The van der Waals surface area contributed by atoms with Crippen LogP contribution in [0.25, 0.3) is 11.2 Å². The van der Waals surface area contributed by atoms with Crippen molar-refractivity contribution in [2.24, 2.45) is 0 Å². The fraction of sp³-hybridized carbons (Fsp3) is 0.700. The van der Waals surface area contributed by atoms with Crippen LogP contribution in [0.5, 0.6) is 0 Å². The average Bonchev–Trinajstić information content (AvgIpc) is 3.37. The number of nitrogens with zero attached hydrogens (tertiary/aromatic N) is 6. The molecule has 4 heterocycles. The van der Waals surface area contributed by atoms with Crippen molar-refractivity contribution in [1.82, 2.24) is 29.3 Å². The fourth-order valence-electron chi connectivity index (χ4n) is 3.87. The molecule has 0 saturated carbocycles. The van der Waals surface area contributed by atoms with Crippen LogP contribution in [0.4, 0.5) is 11.8 Å². The van der Waals surface area contributed by atoms with Gasteiger partial charge in [-0.3, -0.25) is 9.69 Å². The number of aromatic nitrogens is 4. The van der Waals surface area contributed by atoms with Crippen LogP contribution in [0.15, 0.2) is 6.33 Å². The zero-order chi connectivity index (χ0) is 20.8. The first-order valence-corrected chi connectivity index (χ1v) is 11.0. The van der Waals surface area contributed by atoms with E-state index in [4.69, 9.17) is 9.72 Å². The number of carbonyl (C=O) groups is 1. The molecule has 0 bridgehead atoms. The Bertz CT molecular complexity index is 849. The summed E-state index contributed by atoms with van der Waals surface area (Å²) >= 11 is 0. The van der Waals surface area contributed by atoms with Crippen molar-refractivity contribution < 1.29 is 9.53 Å². The summed E-state index contributed by atoms with van der Waals surface area (Å²) in [7, 11) is 0. The predicted molar refractivity (Wildman–Crippen MR) is 116 cm³/mol. The molecule has 30 heavy (non-hydrogen) atoms. The van der Waals surface area contributed by atoms with Crippen molar-refractivity contribution in [1.29, 1.82) is 0 Å². The summed E-state index contributed by atoms with van der Waals surface area (Å²) in [6.45, 7) is 10.4. The Morgan fingerprint density at radius 3 is 2.70 bits per heavy atom. The van der Waals surface area contributed by atoms with Gasteiger partial charge in [-0.15, -0.1) is 0 Å². The van der Waals surface area contributed by atoms with Gasteiger partial charge < -0.3 is 24.8 Å². The van der Waals surface area contributed by atoms with Crippen LogP contribution in [0, 0.1) is 0 Å². The summed E-state index contributed by atoms with van der Waals surface area (Å²) < 4.78 is 7.43. The predicted octanol–water partition coefficient (Wildman–Crippen LogP) is 1.01. The summed E-state index contributed by atoms with van der Waals surface area (Å²) in [6.07, 6.45) is 4.42. The number of ether oxygens (including phenoxy) is 1. The average molecular weight is 417 g/mol. The second-order valence-electron chi connectivity index (χ2n) is 7.80. The van der Waals surface area contributed by atoms with E-state index in [-0.39, 0.29) is 5.91 Å². The van der Waals surface area contributed by atoms with Crippen molar-refractivity contribution in [3.8, 4) is 0 Å². The Morgan fingerprint density at radius 1 is 1.07 bits per heavy atom. The minimum atomic E-state index is 0.241. The number of likely N-dealkylation sites (tertiary alicyclic amines) is 1. The quantitative estimate of drug-likeness (QED) is 0.592. The largest absolute Gasteiger partial charge is 0.379 e. The minimum absolute atomic E-state index is 0.241. The van der Waals surface area contributed by atoms with E-state index in [0.29, 0.717) is 25.5 Å². The summed E-state index contributed by atoms with van der Waals surface area (Å²) in [5, 5.41) is 6.75. The van der Waals surface area contributed by atoms with E-state index in [1.54, 1.807) is 6.33 Å². The molecule has 0 radical (unpaired) electrons. The van der Waals surface area contributed by atoms with E-state index in [0.717, 1.165) is 82.3 Å². The van der Waals surface area contributed by atoms with Crippen molar-refractivity contribution >= 4 is 28.8 Å². The molecule has 1 amide bonds. The number of hydrogen-bond donors (Lipinski definition) is 2. The van der Waals surface area contributed by atoms with E-state index in [9.17, 15) is 4.79 Å². The van der Waals surface area contributed by atoms with E-state index in [2.05, 4.69) is 32.4 Å². The Morgan fingerprint density at radius 2 is 1.93 bits per heavy atom. The standard InChI is InChI=1S/C20H32N8O2/c1-2-5-21-18-17-19(28(15-23-17)10-9-27-7-3-4-16(27)29)25-20(24-18)22-6-8-26-11-13-30-14-12-26/h15H,2-14H2,1H3,(H2,21,22,24,25). The van der Waals surface area contributed by atoms with Crippen molar-refractivity contribution in [3.05, 3.63) is 6.33 Å². The topological polar surface area (TPSA) is 100 Å². The highest BCUT2D eigenvalue weighted by molar-refractivity contribution is 5.84. The van der Waals surface area contributed by atoms with E-state index in [1.807, 2.05) is 9.47 Å². The molecule has 2 saturated heterocycles. The van der Waals surface area contributed by atoms with Crippen molar-refractivity contribution in [2.75, 3.05) is 69.7 Å². The number of imidazole rings is 1. The van der Waals surface area contributed by atoms with Crippen LogP contribution >= 0.6 is 0 Å². The van der Waals surface area contributed by atoms with E-state index < -0.39 is 0 Å². The molecular formula is C20H32N8O2. The third-order valence-corrected chi connectivity index (χ3v) is 5.60. The molecule has 2 aromatic rings. The van der Waals surface area contributed by atoms with Crippen LogP contribution < -0.4 is 10.6 Å². The molecule has 2 fully saturated rings. The van der Waals surface area contributed by atoms with E-state index >= 15 is 0 Å². The maximum Gasteiger partial charge on any atom is 0.226 e. The Labute approximate surface area is 177 Å². The summed E-state index contributed by atoms with van der Waals surface area (Å²) in [5.74, 6) is 1.60. The Kier molecular flexibility index (Phi) is 6.96. The van der Waals surface area contributed by atoms with E-state index in [1.165, 1.54) is 0 Å². The lowest BCUT2D eigenvalue weighted by Gasteiger charge is -2.26. The highest BCUT2D eigenvalue weighted by Gasteiger charge is 2.20. The summed E-state index contributed by atoms with van der Waals surface area (Å²) in [6, 6.07) is 0. The van der Waals surface area contributed by atoms with Crippen LogP contribution in [0.1, 0.15) is 26.2 Å². The number of morpholine rings is 1. The maximum absolute atomic E-state index is 11.9. The molecule has 4 rings (SSSR count). The van der Waals surface area contributed by atoms with Crippen LogP contribution in [0.2, 0.25) is 0 Å². The highest BCUT2D eigenvalue weighted by Crippen LogP contribution is 2.21. The normalized spacial score (nSPS) is 17.8. The van der Waals surface area contributed by atoms with Gasteiger partial charge in [-0.2, -0.15) is 9.97 Å². The Balaban J connectivity index is 1.46. The lowest BCUT2D eigenvalue weighted by molar-refractivity contribution is -0.127. The summed E-state index contributed by atoms with van der Waals surface area (Å²) in [5.41, 5.74) is 1.57. The first-order valence-electron chi connectivity index (χ1n) is 11.0. The van der Waals surface area contributed by atoms with Gasteiger partial charge in [0.1, 0.15) is 0 Å². The second kappa shape index (κ2) is 10.0. The summed E-state index contributed by atoms with van der Waals surface area (Å²) in [4.78, 5) is 30.2. The van der Waals surface area contributed by atoms with Crippen molar-refractivity contribution in [3.63, 3.8) is 0 Å². The fourth-order valence-corrected chi connectivity index (χ4v) is 3.87. The number of hydrogen-bond acceptors (Lipinski definition) is 8. The molecule has 10 heteroatoms. The van der Waals surface area contributed by atoms with Gasteiger partial charge in [0.2, 0.25) is 11.9 Å². The van der Waals surface area contributed by atoms with Gasteiger partial charge in [0.25, 0.3) is 0 Å². The molecule has 2 aromatic heterocycles. The Hall–Kier alpha value is -2.46. The molecule has 164 valence electrons. The molecule has 0 unspecified atom stereocenters. The van der Waals surface area contributed by atoms with Gasteiger partial charge in [-0.1, -0.05) is 6.92 Å². The number of rotatable bonds is 10. The van der Waals surface area contributed by atoms with Gasteiger partial charge in [-0.25, -0.2) is 4.98 Å². The monoisotopic (exact) mass is 416 g/mol. The van der Waals surface area contributed by atoms with Crippen LogP contribution in [-0.2, 0) is 16.1 Å². The third kappa shape index (κ3) is 4.99. The number of amides is 1. The van der Waals surface area contributed by atoms with Gasteiger partial charge >= 0.3 is 0 Å². The molecule has 0 atom stereocenters. The third-order valence-electron chi connectivity index (χ3n) is 5.60. The van der Waals surface area contributed by atoms with Gasteiger partial charge in [0.15, 0.2) is 17.0 Å². The molecule has 0 aliphatic carbocycles. The minimum Gasteiger partial charge on any atom is -0.379 e. The van der Waals surface area contributed by atoms with Crippen molar-refractivity contribution in [2.45, 2.75) is 32.7 Å². The van der Waals surface area contributed by atoms with Gasteiger partial charge in [0, 0.05) is 58.8 Å². The van der Waals surface area contributed by atoms with Gasteiger partial charge in [-0.05, 0) is 12.8 Å². The van der Waals surface area contributed by atoms with Gasteiger partial charge in [0.05, 0.1) is 19.5 Å². The second-order valence-corrected chi connectivity index (χ2v) is 7.80. The molecule has 2 aliphatic rings. The maximum atomic E-state index is 11.9. The van der Waals surface area contributed by atoms with Crippen LogP contribution in [0.3, 0.4) is 0 Å². The SMILES string of the molecule is CCCNc1nc(NCCN2CCOCC2)nc2c1ncn2CCN1CCCC1=O. The molecule has 2 N–H and O–H groups in total.